The average molecular weight is 426 g/mol. The van der Waals surface area contributed by atoms with Crippen molar-refractivity contribution in [2.24, 2.45) is 0 Å². The Balaban J connectivity index is 1.55. The highest BCUT2D eigenvalue weighted by Crippen LogP contribution is 2.30. The van der Waals surface area contributed by atoms with Crippen LogP contribution in [0, 0.1) is 5.82 Å². The van der Waals surface area contributed by atoms with Crippen LogP contribution in [0.2, 0.25) is 0 Å². The molecular weight excluding hydrogens is 405 g/mol. The van der Waals surface area contributed by atoms with Gasteiger partial charge >= 0.3 is 0 Å². The smallest absolute Gasteiger partial charge is 0.260 e. The number of rotatable bonds is 6. The van der Waals surface area contributed by atoms with Crippen molar-refractivity contribution in [1.29, 1.82) is 0 Å². The van der Waals surface area contributed by atoms with E-state index in [0.717, 1.165) is 17.7 Å². The number of halogens is 1. The van der Waals surface area contributed by atoms with E-state index in [-0.39, 0.29) is 11.4 Å². The normalized spacial score (nSPS) is 11.4. The zero-order chi connectivity index (χ0) is 20.4. The molecule has 4 nitrogen and oxygen atoms in total. The first-order chi connectivity index (χ1) is 14.0. The Hall–Kier alpha value is -2.48. The first-order valence-corrected chi connectivity index (χ1v) is 11.2. The van der Waals surface area contributed by atoms with Crippen molar-refractivity contribution in [3.05, 3.63) is 81.5 Å². The van der Waals surface area contributed by atoms with E-state index < -0.39 is 0 Å². The first-order valence-electron chi connectivity index (χ1n) is 9.11. The second-order valence-corrected chi connectivity index (χ2v) is 8.61. The van der Waals surface area contributed by atoms with Crippen LogP contribution in [0.15, 0.2) is 63.6 Å². The minimum absolute atomic E-state index is 0.164. The van der Waals surface area contributed by atoms with Gasteiger partial charge in [-0.25, -0.2) is 9.37 Å². The summed E-state index contributed by atoms with van der Waals surface area (Å²) in [4.78, 5) is 24.4. The molecule has 0 aliphatic heterocycles. The molecule has 0 saturated carbocycles. The number of hydrogen-bond acceptors (Lipinski definition) is 5. The number of aromatic amines is 1. The molecule has 2 aromatic carbocycles. The number of thioether (sulfide) groups is 1. The maximum absolute atomic E-state index is 13.2. The zero-order valence-electron chi connectivity index (χ0n) is 16.1. The fourth-order valence-electron chi connectivity index (χ4n) is 3.26. The van der Waals surface area contributed by atoms with Gasteiger partial charge in [0, 0.05) is 22.4 Å². The lowest BCUT2D eigenvalue weighted by molar-refractivity contribution is 0.310. The van der Waals surface area contributed by atoms with Gasteiger partial charge in [0.05, 0.1) is 11.9 Å². The summed E-state index contributed by atoms with van der Waals surface area (Å²) in [5.41, 5.74) is 2.64. The monoisotopic (exact) mass is 425 g/mol. The minimum atomic E-state index is -0.297. The quantitative estimate of drug-likeness (QED) is 0.434. The number of nitrogens with zero attached hydrogens (tertiary/aromatic N) is 2. The van der Waals surface area contributed by atoms with E-state index in [0.29, 0.717) is 22.6 Å². The van der Waals surface area contributed by atoms with Gasteiger partial charge in [-0.2, -0.15) is 0 Å². The predicted molar refractivity (Wildman–Crippen MR) is 119 cm³/mol. The molecule has 4 rings (SSSR count). The third kappa shape index (κ3) is 4.42. The number of hydrogen-bond donors (Lipinski definition) is 1. The predicted octanol–water partition coefficient (Wildman–Crippen LogP) is 5.14. The molecular formula is C22H20FN3OS2. The van der Waals surface area contributed by atoms with Crippen molar-refractivity contribution in [3.8, 4) is 11.1 Å². The summed E-state index contributed by atoms with van der Waals surface area (Å²) >= 11 is 3.15. The molecule has 0 saturated heterocycles. The number of benzene rings is 2. The van der Waals surface area contributed by atoms with E-state index in [1.807, 2.05) is 12.4 Å². The summed E-state index contributed by atoms with van der Waals surface area (Å²) in [6, 6.07) is 14.6. The minimum Gasteiger partial charge on any atom is -0.309 e. The topological polar surface area (TPSA) is 49.0 Å². The van der Waals surface area contributed by atoms with Gasteiger partial charge in [-0.3, -0.25) is 9.69 Å². The SMILES string of the molecule is CSc1ccc(CN(C)Cc2nc3scc(-c4ccc(F)cc4)c3c(=O)[nH]2)cc1. The molecule has 0 aliphatic carbocycles. The van der Waals surface area contributed by atoms with E-state index in [1.54, 1.807) is 23.9 Å². The Morgan fingerprint density at radius 1 is 1.10 bits per heavy atom. The molecule has 148 valence electrons. The molecule has 0 aliphatic rings. The molecule has 7 heteroatoms. The number of aromatic nitrogens is 2. The Labute approximate surface area is 176 Å². The second-order valence-electron chi connectivity index (χ2n) is 6.87. The third-order valence-electron chi connectivity index (χ3n) is 4.68. The summed E-state index contributed by atoms with van der Waals surface area (Å²) in [5, 5.41) is 2.46. The molecule has 0 spiro atoms. The van der Waals surface area contributed by atoms with Crippen molar-refractivity contribution in [2.75, 3.05) is 13.3 Å². The third-order valence-corrected chi connectivity index (χ3v) is 6.30. The highest BCUT2D eigenvalue weighted by Gasteiger charge is 2.14. The van der Waals surface area contributed by atoms with Crippen LogP contribution in [-0.4, -0.2) is 28.2 Å². The second kappa shape index (κ2) is 8.49. The van der Waals surface area contributed by atoms with Crippen molar-refractivity contribution < 1.29 is 4.39 Å². The van der Waals surface area contributed by atoms with Crippen molar-refractivity contribution in [3.63, 3.8) is 0 Å². The fourth-order valence-corrected chi connectivity index (χ4v) is 4.64. The van der Waals surface area contributed by atoms with Gasteiger partial charge in [0.25, 0.3) is 5.56 Å². The Morgan fingerprint density at radius 3 is 2.52 bits per heavy atom. The number of fused-ring (bicyclic) bond motifs is 1. The largest absolute Gasteiger partial charge is 0.309 e. The standard InChI is InChI=1S/C22H20FN3OS2/c1-26(11-14-3-9-17(28-2)10-4-14)12-19-24-21(27)20-18(13-29-22(20)25-19)15-5-7-16(23)8-6-15/h3-10,13H,11-12H2,1-2H3,(H,24,25,27). The van der Waals surface area contributed by atoms with Gasteiger partial charge < -0.3 is 4.98 Å². The van der Waals surface area contributed by atoms with E-state index in [9.17, 15) is 9.18 Å². The molecule has 29 heavy (non-hydrogen) atoms. The van der Waals surface area contributed by atoms with Gasteiger partial charge in [0.15, 0.2) is 0 Å². The van der Waals surface area contributed by atoms with Crippen LogP contribution < -0.4 is 5.56 Å². The molecule has 4 aromatic rings. The van der Waals surface area contributed by atoms with Crippen LogP contribution >= 0.6 is 23.1 Å². The summed E-state index contributed by atoms with van der Waals surface area (Å²) in [6.45, 7) is 1.31. The van der Waals surface area contributed by atoms with E-state index in [4.69, 9.17) is 0 Å². The molecule has 0 bridgehead atoms. The molecule has 0 atom stereocenters. The average Bonchev–Trinajstić information content (AvgIpc) is 3.13. The molecule has 2 heterocycles. The van der Waals surface area contributed by atoms with E-state index in [2.05, 4.69) is 45.4 Å². The lowest BCUT2D eigenvalue weighted by atomic mass is 10.1. The maximum atomic E-state index is 13.2. The summed E-state index contributed by atoms with van der Waals surface area (Å²) in [5.74, 6) is 0.340. The summed E-state index contributed by atoms with van der Waals surface area (Å²) in [6.07, 6.45) is 2.06. The van der Waals surface area contributed by atoms with Crippen LogP contribution in [0.4, 0.5) is 4.39 Å². The lowest BCUT2D eigenvalue weighted by Gasteiger charge is -2.16. The van der Waals surface area contributed by atoms with Gasteiger partial charge in [-0.05, 0) is 48.7 Å². The lowest BCUT2D eigenvalue weighted by Crippen LogP contribution is -2.21. The van der Waals surface area contributed by atoms with Crippen molar-refractivity contribution in [2.45, 2.75) is 18.0 Å². The first kappa shape index (κ1) is 19.8. The molecule has 0 radical (unpaired) electrons. The van der Waals surface area contributed by atoms with E-state index in [1.165, 1.54) is 33.9 Å². The molecule has 0 fully saturated rings. The molecule has 0 unspecified atom stereocenters. The van der Waals surface area contributed by atoms with Gasteiger partial charge in [0.2, 0.25) is 0 Å². The van der Waals surface area contributed by atoms with Gasteiger partial charge in [-0.15, -0.1) is 23.1 Å². The highest BCUT2D eigenvalue weighted by atomic mass is 32.2. The highest BCUT2D eigenvalue weighted by molar-refractivity contribution is 7.98. The van der Waals surface area contributed by atoms with Crippen molar-refractivity contribution in [1.82, 2.24) is 14.9 Å². The Morgan fingerprint density at radius 2 is 1.83 bits per heavy atom. The van der Waals surface area contributed by atoms with Crippen LogP contribution in [0.1, 0.15) is 11.4 Å². The maximum Gasteiger partial charge on any atom is 0.260 e. The number of nitrogens with one attached hydrogen (secondary N) is 1. The van der Waals surface area contributed by atoms with Crippen molar-refractivity contribution >= 4 is 33.3 Å². The number of thiophene rings is 1. The van der Waals surface area contributed by atoms with Gasteiger partial charge in [-0.1, -0.05) is 24.3 Å². The van der Waals surface area contributed by atoms with Crippen LogP contribution in [0.5, 0.6) is 0 Å². The van der Waals surface area contributed by atoms with Crippen LogP contribution in [-0.2, 0) is 13.1 Å². The van der Waals surface area contributed by atoms with Crippen LogP contribution in [0.3, 0.4) is 0 Å². The Kier molecular flexibility index (Phi) is 5.80. The molecule has 1 N–H and O–H groups in total. The van der Waals surface area contributed by atoms with Gasteiger partial charge in [0.1, 0.15) is 16.5 Å². The Bertz CT molecular complexity index is 1180. The zero-order valence-corrected chi connectivity index (χ0v) is 17.7. The summed E-state index contributed by atoms with van der Waals surface area (Å²) in [7, 11) is 2.01. The van der Waals surface area contributed by atoms with Crippen LogP contribution in [0.25, 0.3) is 21.3 Å². The number of H-pyrrole nitrogens is 1. The van der Waals surface area contributed by atoms with E-state index >= 15 is 0 Å². The summed E-state index contributed by atoms with van der Waals surface area (Å²) < 4.78 is 13.2. The molecule has 2 aromatic heterocycles. The molecule has 0 amide bonds. The fraction of sp³-hybridized carbons (Fsp3) is 0.182.